The third-order valence-electron chi connectivity index (χ3n) is 4.28. The van der Waals surface area contributed by atoms with Gasteiger partial charge in [0, 0.05) is 17.8 Å². The largest absolute Gasteiger partial charge is 0.478 e. The van der Waals surface area contributed by atoms with E-state index in [1.165, 1.54) is 36.4 Å². The minimum atomic E-state index is -1.16. The van der Waals surface area contributed by atoms with Gasteiger partial charge in [-0.1, -0.05) is 23.7 Å². The Morgan fingerprint density at radius 3 is 1.94 bits per heavy atom. The number of carbonyl (C=O) groups is 2. The van der Waals surface area contributed by atoms with Crippen LogP contribution >= 0.6 is 11.6 Å². The lowest BCUT2D eigenvalue weighted by Gasteiger charge is -2.11. The number of halogens is 1. The fourth-order valence-corrected chi connectivity index (χ4v) is 2.94. The minimum absolute atomic E-state index is 0.00993. The van der Waals surface area contributed by atoms with Gasteiger partial charge in [0.1, 0.15) is 0 Å². The highest BCUT2D eigenvalue weighted by molar-refractivity contribution is 6.33. The molecule has 0 heterocycles. The van der Waals surface area contributed by atoms with Gasteiger partial charge in [0.05, 0.1) is 31.7 Å². The van der Waals surface area contributed by atoms with Crippen molar-refractivity contribution in [3.63, 3.8) is 0 Å². The summed E-state index contributed by atoms with van der Waals surface area (Å²) in [6.07, 6.45) is 0. The summed E-state index contributed by atoms with van der Waals surface area (Å²) in [7, 11) is 0. The minimum Gasteiger partial charge on any atom is -0.478 e. The maximum absolute atomic E-state index is 12.6. The van der Waals surface area contributed by atoms with Crippen LogP contribution in [-0.4, -0.2) is 26.8 Å². The number of para-hydroxylation sites is 1. The number of nitrogens with zero attached hydrogens (tertiary/aromatic N) is 2. The van der Waals surface area contributed by atoms with Crippen molar-refractivity contribution in [3.8, 4) is 0 Å². The van der Waals surface area contributed by atoms with Crippen molar-refractivity contribution in [2.75, 3.05) is 10.6 Å². The summed E-state index contributed by atoms with van der Waals surface area (Å²) in [5.41, 5.74) is -1.79. The van der Waals surface area contributed by atoms with Gasteiger partial charge in [0.25, 0.3) is 5.91 Å². The predicted octanol–water partition coefficient (Wildman–Crippen LogP) is 4.85. The lowest BCUT2D eigenvalue weighted by Crippen LogP contribution is -2.14. The first-order valence-electron chi connectivity index (χ1n) is 8.80. The smallest absolute Gasteiger partial charge is 0.335 e. The summed E-state index contributed by atoms with van der Waals surface area (Å²) in [6, 6.07) is 13.1. The number of benzene rings is 3. The van der Waals surface area contributed by atoms with E-state index in [-0.39, 0.29) is 27.5 Å². The zero-order valence-corrected chi connectivity index (χ0v) is 16.7. The molecule has 162 valence electrons. The van der Waals surface area contributed by atoms with Gasteiger partial charge in [0.2, 0.25) is 0 Å². The molecule has 0 aromatic heterocycles. The number of rotatable bonds is 7. The van der Waals surface area contributed by atoms with Crippen LogP contribution in [0.25, 0.3) is 0 Å². The number of carboxylic acids is 1. The number of nitrogens with one attached hydrogen (secondary N) is 2. The fraction of sp³-hybridized carbons (Fsp3) is 0. The molecule has 3 rings (SSSR count). The van der Waals surface area contributed by atoms with Crippen LogP contribution in [0.5, 0.6) is 0 Å². The van der Waals surface area contributed by atoms with Crippen LogP contribution in [0.4, 0.5) is 28.4 Å². The highest BCUT2D eigenvalue weighted by atomic mass is 35.5. The first kappa shape index (κ1) is 22.2. The number of nitro groups is 2. The Kier molecular flexibility index (Phi) is 6.31. The normalized spacial score (nSPS) is 10.3. The molecule has 0 radical (unpaired) electrons. The Balaban J connectivity index is 2.01. The first-order valence-corrected chi connectivity index (χ1v) is 9.18. The summed E-state index contributed by atoms with van der Waals surface area (Å²) < 4.78 is 0. The number of hydrogen-bond acceptors (Lipinski definition) is 7. The molecular weight excluding hydrogens is 444 g/mol. The standard InChI is InChI=1S/C20H13ClN4O7/c21-14-3-1-2-4-15(14)23-18-16(24(29)30)9-12(10-17(18)25(31)32)19(26)22-13-7-5-11(6-8-13)20(27)28/h1-10,23H,(H,22,26)(H,27,28). The molecule has 0 fully saturated rings. The average Bonchev–Trinajstić information content (AvgIpc) is 2.75. The number of amides is 1. The molecule has 0 atom stereocenters. The van der Waals surface area contributed by atoms with Gasteiger partial charge in [-0.3, -0.25) is 25.0 Å². The maximum Gasteiger partial charge on any atom is 0.335 e. The summed E-state index contributed by atoms with van der Waals surface area (Å²) in [6.45, 7) is 0. The molecule has 1 amide bonds. The molecule has 0 aliphatic carbocycles. The van der Waals surface area contributed by atoms with E-state index in [0.717, 1.165) is 12.1 Å². The van der Waals surface area contributed by atoms with Crippen LogP contribution in [0.15, 0.2) is 60.7 Å². The van der Waals surface area contributed by atoms with E-state index < -0.39 is 38.8 Å². The molecule has 0 aliphatic heterocycles. The van der Waals surface area contributed by atoms with Crippen molar-refractivity contribution < 1.29 is 24.5 Å². The number of aromatic carboxylic acids is 1. The Hall–Kier alpha value is -4.51. The van der Waals surface area contributed by atoms with E-state index in [9.17, 15) is 29.8 Å². The zero-order chi connectivity index (χ0) is 23.4. The average molecular weight is 457 g/mol. The van der Waals surface area contributed by atoms with Crippen molar-refractivity contribution in [1.29, 1.82) is 0 Å². The molecule has 11 nitrogen and oxygen atoms in total. The Morgan fingerprint density at radius 2 is 1.44 bits per heavy atom. The Labute approximate surface area is 184 Å². The molecule has 0 aliphatic rings. The fourth-order valence-electron chi connectivity index (χ4n) is 2.76. The van der Waals surface area contributed by atoms with Crippen LogP contribution in [0.2, 0.25) is 5.02 Å². The highest BCUT2D eigenvalue weighted by Gasteiger charge is 2.29. The summed E-state index contributed by atoms with van der Waals surface area (Å²) in [5, 5.41) is 37.4. The number of carboxylic acid groups (broad SMARTS) is 1. The molecule has 0 bridgehead atoms. The lowest BCUT2D eigenvalue weighted by atomic mass is 10.1. The van der Waals surface area contributed by atoms with Gasteiger partial charge in [-0.2, -0.15) is 0 Å². The van der Waals surface area contributed by atoms with Crippen molar-refractivity contribution in [3.05, 3.63) is 97.0 Å². The van der Waals surface area contributed by atoms with Crippen LogP contribution in [0.3, 0.4) is 0 Å². The van der Waals surface area contributed by atoms with Crippen molar-refractivity contribution in [2.24, 2.45) is 0 Å². The second-order valence-electron chi connectivity index (χ2n) is 6.35. The quantitative estimate of drug-likeness (QED) is 0.335. The molecule has 3 aromatic carbocycles. The lowest BCUT2D eigenvalue weighted by molar-refractivity contribution is -0.392. The number of nitro benzene ring substituents is 2. The second kappa shape index (κ2) is 9.10. The third kappa shape index (κ3) is 4.79. The molecular formula is C20H13ClN4O7. The molecule has 3 N–H and O–H groups in total. The van der Waals surface area contributed by atoms with E-state index >= 15 is 0 Å². The predicted molar refractivity (Wildman–Crippen MR) is 116 cm³/mol. The van der Waals surface area contributed by atoms with Crippen molar-refractivity contribution in [1.82, 2.24) is 0 Å². The van der Waals surface area contributed by atoms with Gasteiger partial charge in [-0.15, -0.1) is 0 Å². The Morgan fingerprint density at radius 1 is 0.875 bits per heavy atom. The van der Waals surface area contributed by atoms with Gasteiger partial charge in [-0.25, -0.2) is 4.79 Å². The Bertz CT molecular complexity index is 1210. The zero-order valence-electron chi connectivity index (χ0n) is 15.9. The third-order valence-corrected chi connectivity index (χ3v) is 4.61. The SMILES string of the molecule is O=C(O)c1ccc(NC(=O)c2cc([N+](=O)[O-])c(Nc3ccccc3Cl)c([N+](=O)[O-])c2)cc1. The number of anilines is 3. The summed E-state index contributed by atoms with van der Waals surface area (Å²) >= 11 is 6.04. The van der Waals surface area contributed by atoms with E-state index in [2.05, 4.69) is 10.6 Å². The maximum atomic E-state index is 12.6. The molecule has 32 heavy (non-hydrogen) atoms. The van der Waals surface area contributed by atoms with Gasteiger partial charge >= 0.3 is 17.3 Å². The van der Waals surface area contributed by atoms with Crippen LogP contribution in [0.1, 0.15) is 20.7 Å². The van der Waals surface area contributed by atoms with Crippen LogP contribution < -0.4 is 10.6 Å². The molecule has 0 saturated carbocycles. The summed E-state index contributed by atoms with van der Waals surface area (Å²) in [4.78, 5) is 45.0. The number of hydrogen-bond donors (Lipinski definition) is 3. The van der Waals surface area contributed by atoms with Crippen LogP contribution in [-0.2, 0) is 0 Å². The van der Waals surface area contributed by atoms with Gasteiger partial charge in [0.15, 0.2) is 5.69 Å². The highest BCUT2D eigenvalue weighted by Crippen LogP contribution is 2.39. The molecule has 0 spiro atoms. The number of carbonyl (C=O) groups excluding carboxylic acids is 1. The molecule has 0 unspecified atom stereocenters. The first-order chi connectivity index (χ1) is 15.2. The van der Waals surface area contributed by atoms with Gasteiger partial charge in [-0.05, 0) is 36.4 Å². The van der Waals surface area contributed by atoms with E-state index in [1.54, 1.807) is 12.1 Å². The van der Waals surface area contributed by atoms with Crippen LogP contribution in [0, 0.1) is 20.2 Å². The van der Waals surface area contributed by atoms with Gasteiger partial charge < -0.3 is 15.7 Å². The summed E-state index contributed by atoms with van der Waals surface area (Å²) in [5.74, 6) is -2.01. The molecule has 0 saturated heterocycles. The molecule has 12 heteroatoms. The van der Waals surface area contributed by atoms with E-state index in [1.807, 2.05) is 0 Å². The van der Waals surface area contributed by atoms with Crippen molar-refractivity contribution >= 4 is 51.9 Å². The topological polar surface area (TPSA) is 165 Å². The van der Waals surface area contributed by atoms with E-state index in [4.69, 9.17) is 16.7 Å². The van der Waals surface area contributed by atoms with Crippen molar-refractivity contribution in [2.45, 2.75) is 0 Å². The molecule has 3 aromatic rings. The second-order valence-corrected chi connectivity index (χ2v) is 6.75. The van der Waals surface area contributed by atoms with E-state index in [0.29, 0.717) is 0 Å². The monoisotopic (exact) mass is 456 g/mol.